The smallest absolute Gasteiger partial charge is 0.0701 e. The summed E-state index contributed by atoms with van der Waals surface area (Å²) in [5.74, 6) is 0. The van der Waals surface area contributed by atoms with Crippen molar-refractivity contribution in [1.82, 2.24) is 0 Å². The third-order valence-electron chi connectivity index (χ3n) is 3.48. The summed E-state index contributed by atoms with van der Waals surface area (Å²) in [6.45, 7) is 0.808. The Balaban J connectivity index is 1.79. The molecule has 0 aliphatic rings. The van der Waals surface area contributed by atoms with Gasteiger partial charge in [0.1, 0.15) is 0 Å². The molecule has 2 N–H and O–H groups in total. The topological polar surface area (TPSA) is 32.3 Å². The van der Waals surface area contributed by atoms with E-state index in [2.05, 4.69) is 47.8 Å². The number of aliphatic hydroxyl groups is 1. The summed E-state index contributed by atoms with van der Waals surface area (Å²) >= 11 is 0. The van der Waals surface area contributed by atoms with E-state index >= 15 is 0 Å². The van der Waals surface area contributed by atoms with E-state index in [1.165, 1.54) is 16.3 Å². The third-order valence-corrected chi connectivity index (χ3v) is 3.48. The van der Waals surface area contributed by atoms with Gasteiger partial charge in [0, 0.05) is 17.8 Å². The molecule has 20 heavy (non-hydrogen) atoms. The molecule has 0 spiro atoms. The molecule has 2 nitrogen and oxygen atoms in total. The molecule has 2 heteroatoms. The average molecular weight is 263 g/mol. The fraction of sp³-hybridized carbons (Fsp3) is 0.111. The quantitative estimate of drug-likeness (QED) is 0.747. The van der Waals surface area contributed by atoms with Crippen molar-refractivity contribution >= 4 is 16.5 Å². The van der Waals surface area contributed by atoms with Gasteiger partial charge in [-0.2, -0.15) is 0 Å². The molecule has 3 aromatic rings. The molecule has 0 saturated carbocycles. The number of fused-ring (bicyclic) bond motifs is 1. The molecule has 0 aliphatic heterocycles. The van der Waals surface area contributed by atoms with E-state index in [9.17, 15) is 5.11 Å². The standard InChI is InChI=1S/C18H17NO/c20-13-17-7-3-4-8-18(17)19-12-14-9-10-15-5-1-2-6-16(15)11-14/h1-11,19-20H,12-13H2. The van der Waals surface area contributed by atoms with Gasteiger partial charge in [-0.05, 0) is 28.5 Å². The molecule has 0 fully saturated rings. The van der Waals surface area contributed by atoms with Crippen molar-refractivity contribution in [3.8, 4) is 0 Å². The Kier molecular flexibility index (Phi) is 3.66. The van der Waals surface area contributed by atoms with E-state index < -0.39 is 0 Å². The Bertz CT molecular complexity index is 721. The van der Waals surface area contributed by atoms with Gasteiger partial charge in [-0.3, -0.25) is 0 Å². The highest BCUT2D eigenvalue weighted by Crippen LogP contribution is 2.19. The lowest BCUT2D eigenvalue weighted by molar-refractivity contribution is 0.282. The lowest BCUT2D eigenvalue weighted by atomic mass is 10.1. The fourth-order valence-electron chi connectivity index (χ4n) is 2.38. The van der Waals surface area contributed by atoms with Crippen molar-refractivity contribution in [2.45, 2.75) is 13.2 Å². The number of aliphatic hydroxyl groups excluding tert-OH is 1. The van der Waals surface area contributed by atoms with Crippen molar-refractivity contribution in [2.75, 3.05) is 5.32 Å². The number of para-hydroxylation sites is 1. The maximum absolute atomic E-state index is 9.32. The second-order valence-electron chi connectivity index (χ2n) is 4.85. The number of anilines is 1. The zero-order valence-corrected chi connectivity index (χ0v) is 11.2. The van der Waals surface area contributed by atoms with Crippen LogP contribution in [0.15, 0.2) is 66.7 Å². The number of rotatable bonds is 4. The van der Waals surface area contributed by atoms with Gasteiger partial charge in [0.15, 0.2) is 0 Å². The summed E-state index contributed by atoms with van der Waals surface area (Å²) in [6.07, 6.45) is 0. The van der Waals surface area contributed by atoms with Crippen LogP contribution in [-0.2, 0) is 13.2 Å². The average Bonchev–Trinajstić information content (AvgIpc) is 2.53. The normalized spacial score (nSPS) is 10.7. The predicted octanol–water partition coefficient (Wildman–Crippen LogP) is 3.94. The zero-order valence-electron chi connectivity index (χ0n) is 11.2. The number of hydrogen-bond acceptors (Lipinski definition) is 2. The summed E-state index contributed by atoms with van der Waals surface area (Å²) in [7, 11) is 0. The van der Waals surface area contributed by atoms with Crippen LogP contribution in [0.5, 0.6) is 0 Å². The summed E-state index contributed by atoms with van der Waals surface area (Å²) in [4.78, 5) is 0. The van der Waals surface area contributed by atoms with Crippen LogP contribution in [0.1, 0.15) is 11.1 Å². The summed E-state index contributed by atoms with van der Waals surface area (Å²) in [5, 5.41) is 15.2. The molecule has 0 amide bonds. The Hall–Kier alpha value is -2.32. The van der Waals surface area contributed by atoms with Crippen molar-refractivity contribution in [2.24, 2.45) is 0 Å². The van der Waals surface area contributed by atoms with Crippen LogP contribution in [0, 0.1) is 0 Å². The molecular formula is C18H17NO. The molecule has 3 aromatic carbocycles. The highest BCUT2D eigenvalue weighted by molar-refractivity contribution is 5.83. The number of benzene rings is 3. The van der Waals surface area contributed by atoms with Gasteiger partial charge in [-0.15, -0.1) is 0 Å². The Morgan fingerprint density at radius 1 is 0.800 bits per heavy atom. The monoisotopic (exact) mass is 263 g/mol. The minimum atomic E-state index is 0.0564. The van der Waals surface area contributed by atoms with Gasteiger partial charge in [0.05, 0.1) is 6.61 Å². The Morgan fingerprint density at radius 3 is 2.40 bits per heavy atom. The third kappa shape index (κ3) is 2.65. The first kappa shape index (κ1) is 12.7. The van der Waals surface area contributed by atoms with Crippen LogP contribution < -0.4 is 5.32 Å². The van der Waals surface area contributed by atoms with E-state index in [0.29, 0.717) is 0 Å². The van der Waals surface area contributed by atoms with Crippen LogP contribution in [0.3, 0.4) is 0 Å². The summed E-state index contributed by atoms with van der Waals surface area (Å²) < 4.78 is 0. The van der Waals surface area contributed by atoms with Gasteiger partial charge < -0.3 is 10.4 Å². The van der Waals surface area contributed by atoms with Crippen LogP contribution in [0.2, 0.25) is 0 Å². The van der Waals surface area contributed by atoms with Crippen LogP contribution in [0.4, 0.5) is 5.69 Å². The number of hydrogen-bond donors (Lipinski definition) is 2. The van der Waals surface area contributed by atoms with Gasteiger partial charge in [0.2, 0.25) is 0 Å². The molecule has 0 atom stereocenters. The SMILES string of the molecule is OCc1ccccc1NCc1ccc2ccccc2c1. The van der Waals surface area contributed by atoms with Crippen molar-refractivity contribution in [3.05, 3.63) is 77.9 Å². The van der Waals surface area contributed by atoms with Gasteiger partial charge in [0.25, 0.3) is 0 Å². The second kappa shape index (κ2) is 5.76. The second-order valence-corrected chi connectivity index (χ2v) is 4.85. The van der Waals surface area contributed by atoms with Gasteiger partial charge >= 0.3 is 0 Å². The summed E-state index contributed by atoms with van der Waals surface area (Å²) in [5.41, 5.74) is 3.15. The van der Waals surface area contributed by atoms with E-state index in [1.807, 2.05) is 24.3 Å². The molecule has 0 saturated heterocycles. The van der Waals surface area contributed by atoms with Gasteiger partial charge in [-0.1, -0.05) is 54.6 Å². The first-order chi connectivity index (χ1) is 9.86. The molecule has 100 valence electrons. The highest BCUT2D eigenvalue weighted by atomic mass is 16.3. The minimum absolute atomic E-state index is 0.0564. The van der Waals surface area contributed by atoms with Crippen molar-refractivity contribution in [1.29, 1.82) is 0 Å². The maximum Gasteiger partial charge on any atom is 0.0701 e. The highest BCUT2D eigenvalue weighted by Gasteiger charge is 2.01. The first-order valence-electron chi connectivity index (χ1n) is 6.77. The summed E-state index contributed by atoms with van der Waals surface area (Å²) in [6, 6.07) is 22.7. The van der Waals surface area contributed by atoms with Crippen LogP contribution in [-0.4, -0.2) is 5.11 Å². The largest absolute Gasteiger partial charge is 0.392 e. The zero-order chi connectivity index (χ0) is 13.8. The molecule has 0 aliphatic carbocycles. The molecule has 0 bridgehead atoms. The molecule has 0 aromatic heterocycles. The lowest BCUT2D eigenvalue weighted by Crippen LogP contribution is -2.02. The van der Waals surface area contributed by atoms with Crippen molar-refractivity contribution < 1.29 is 5.11 Å². The lowest BCUT2D eigenvalue weighted by Gasteiger charge is -2.11. The predicted molar refractivity (Wildman–Crippen MR) is 83.6 cm³/mol. The molecular weight excluding hydrogens is 246 g/mol. The molecule has 0 heterocycles. The van der Waals surface area contributed by atoms with Gasteiger partial charge in [-0.25, -0.2) is 0 Å². The first-order valence-corrected chi connectivity index (χ1v) is 6.77. The van der Waals surface area contributed by atoms with E-state index in [0.717, 1.165) is 17.8 Å². The molecule has 0 radical (unpaired) electrons. The Labute approximate surface area is 118 Å². The van der Waals surface area contributed by atoms with E-state index in [4.69, 9.17) is 0 Å². The van der Waals surface area contributed by atoms with Crippen LogP contribution in [0.25, 0.3) is 10.8 Å². The number of nitrogens with one attached hydrogen (secondary N) is 1. The van der Waals surface area contributed by atoms with E-state index in [-0.39, 0.29) is 6.61 Å². The minimum Gasteiger partial charge on any atom is -0.392 e. The maximum atomic E-state index is 9.32. The molecule has 0 unspecified atom stereocenters. The molecule has 3 rings (SSSR count). The van der Waals surface area contributed by atoms with Crippen LogP contribution >= 0.6 is 0 Å². The van der Waals surface area contributed by atoms with Crippen molar-refractivity contribution in [3.63, 3.8) is 0 Å². The fourth-order valence-corrected chi connectivity index (χ4v) is 2.38. The van der Waals surface area contributed by atoms with E-state index in [1.54, 1.807) is 0 Å². The Morgan fingerprint density at radius 2 is 1.55 bits per heavy atom.